The molecule has 0 radical (unpaired) electrons. The van der Waals surface area contributed by atoms with Crippen LogP contribution in [0.5, 0.6) is 5.75 Å². The van der Waals surface area contributed by atoms with Gasteiger partial charge in [0.15, 0.2) is 0 Å². The number of nitrogens with zero attached hydrogens (tertiary/aromatic N) is 1. The van der Waals surface area contributed by atoms with Crippen LogP contribution in [0.3, 0.4) is 0 Å². The summed E-state index contributed by atoms with van der Waals surface area (Å²) in [6.07, 6.45) is 7.20. The van der Waals surface area contributed by atoms with Gasteiger partial charge in [0, 0.05) is 23.5 Å². The zero-order valence-electron chi connectivity index (χ0n) is 17.2. The molecule has 2 aromatic rings. The highest BCUT2D eigenvalue weighted by Crippen LogP contribution is 2.45. The third kappa shape index (κ3) is 3.66. The highest BCUT2D eigenvalue weighted by atomic mass is 35.5. The second kappa shape index (κ2) is 7.81. The molecule has 1 spiro atoms. The first-order valence-electron chi connectivity index (χ1n) is 11.0. The molecule has 0 bridgehead atoms. The van der Waals surface area contributed by atoms with Crippen LogP contribution in [0.2, 0.25) is 5.02 Å². The lowest BCUT2D eigenvalue weighted by molar-refractivity contribution is -0.136. The standard InChI is InChI=1S/C25H28ClNO3/c26-20-7-8-21-19(13-20)5-2-10-25(21)15-27(14-17-3-1-4-17)22-11-18(12-24(28)29)6-9-23(22)30-16-25/h6-9,11,13,17H,1-5,10,12,14-16H2,(H,28,29)/t25-/m0/s1. The zero-order valence-corrected chi connectivity index (χ0v) is 18.0. The van der Waals surface area contributed by atoms with Crippen LogP contribution in [0.4, 0.5) is 5.69 Å². The second-order valence-corrected chi connectivity index (χ2v) is 9.71. The van der Waals surface area contributed by atoms with E-state index in [1.807, 2.05) is 24.3 Å². The molecule has 5 rings (SSSR count). The number of hydrogen-bond acceptors (Lipinski definition) is 3. The van der Waals surface area contributed by atoms with Crippen LogP contribution in [0.25, 0.3) is 0 Å². The fourth-order valence-corrected chi connectivity index (χ4v) is 5.63. The van der Waals surface area contributed by atoms with Crippen molar-refractivity contribution in [3.8, 4) is 5.75 Å². The Bertz CT molecular complexity index is 971. The number of aryl methyl sites for hydroxylation is 1. The summed E-state index contributed by atoms with van der Waals surface area (Å²) >= 11 is 6.30. The Morgan fingerprint density at radius 3 is 2.83 bits per heavy atom. The molecule has 5 heteroatoms. The van der Waals surface area contributed by atoms with Gasteiger partial charge in [0.2, 0.25) is 0 Å². The zero-order chi connectivity index (χ0) is 20.7. The van der Waals surface area contributed by atoms with Gasteiger partial charge in [-0.15, -0.1) is 0 Å². The van der Waals surface area contributed by atoms with Crippen LogP contribution < -0.4 is 9.64 Å². The average molecular weight is 426 g/mol. The average Bonchev–Trinajstić information content (AvgIpc) is 2.82. The first-order chi connectivity index (χ1) is 14.5. The molecule has 1 atom stereocenters. The van der Waals surface area contributed by atoms with Gasteiger partial charge >= 0.3 is 5.97 Å². The molecule has 0 saturated heterocycles. The van der Waals surface area contributed by atoms with Crippen molar-refractivity contribution in [1.29, 1.82) is 0 Å². The first-order valence-corrected chi connectivity index (χ1v) is 11.4. The molecule has 0 aromatic heterocycles. The summed E-state index contributed by atoms with van der Waals surface area (Å²) in [6.45, 7) is 2.56. The summed E-state index contributed by atoms with van der Waals surface area (Å²) < 4.78 is 6.43. The van der Waals surface area contributed by atoms with Crippen LogP contribution in [-0.2, 0) is 23.1 Å². The smallest absolute Gasteiger partial charge is 0.307 e. The third-order valence-electron chi connectivity index (χ3n) is 7.16. The van der Waals surface area contributed by atoms with Gasteiger partial charge in [0.1, 0.15) is 5.75 Å². The topological polar surface area (TPSA) is 49.8 Å². The Kier molecular flexibility index (Phi) is 5.14. The van der Waals surface area contributed by atoms with E-state index in [2.05, 4.69) is 17.0 Å². The number of carbonyl (C=O) groups is 1. The Morgan fingerprint density at radius 1 is 1.20 bits per heavy atom. The van der Waals surface area contributed by atoms with Crippen LogP contribution in [0.1, 0.15) is 48.8 Å². The number of fused-ring (bicyclic) bond motifs is 3. The monoisotopic (exact) mass is 425 g/mol. The highest BCUT2D eigenvalue weighted by molar-refractivity contribution is 6.30. The molecule has 1 aliphatic heterocycles. The lowest BCUT2D eigenvalue weighted by atomic mass is 9.70. The number of halogens is 1. The molecule has 2 aromatic carbocycles. The number of benzene rings is 2. The summed E-state index contributed by atoms with van der Waals surface area (Å²) in [7, 11) is 0. The Hall–Kier alpha value is -2.20. The number of rotatable bonds is 4. The predicted octanol–water partition coefficient (Wildman–Crippen LogP) is 5.24. The fraction of sp³-hybridized carbons (Fsp3) is 0.480. The molecule has 0 unspecified atom stereocenters. The quantitative estimate of drug-likeness (QED) is 0.727. The SMILES string of the molecule is O=C(O)Cc1ccc2c(c1)N(CC1CCC1)C[C@@]1(CCCc3cc(Cl)ccc31)CO2. The third-order valence-corrected chi connectivity index (χ3v) is 7.40. The van der Waals surface area contributed by atoms with Crippen molar-refractivity contribution in [2.24, 2.45) is 5.92 Å². The van der Waals surface area contributed by atoms with Crippen molar-refractivity contribution in [1.82, 2.24) is 0 Å². The lowest BCUT2D eigenvalue weighted by Crippen LogP contribution is -2.47. The normalized spacial score (nSPS) is 23.2. The molecule has 158 valence electrons. The highest BCUT2D eigenvalue weighted by Gasteiger charge is 2.42. The molecule has 1 fully saturated rings. The van der Waals surface area contributed by atoms with Gasteiger partial charge in [-0.05, 0) is 79.0 Å². The van der Waals surface area contributed by atoms with Crippen LogP contribution in [0.15, 0.2) is 36.4 Å². The van der Waals surface area contributed by atoms with Gasteiger partial charge < -0.3 is 14.7 Å². The number of anilines is 1. The minimum absolute atomic E-state index is 0.0387. The van der Waals surface area contributed by atoms with Crippen molar-refractivity contribution in [3.05, 3.63) is 58.1 Å². The summed E-state index contributed by atoms with van der Waals surface area (Å²) in [4.78, 5) is 13.8. The molecule has 30 heavy (non-hydrogen) atoms. The van der Waals surface area contributed by atoms with Crippen molar-refractivity contribution in [3.63, 3.8) is 0 Å². The van der Waals surface area contributed by atoms with E-state index in [1.54, 1.807) is 0 Å². The number of carboxylic acids is 1. The Morgan fingerprint density at radius 2 is 2.07 bits per heavy atom. The van der Waals surface area contributed by atoms with E-state index >= 15 is 0 Å². The number of hydrogen-bond donors (Lipinski definition) is 1. The molecule has 2 aliphatic carbocycles. The van der Waals surface area contributed by atoms with Gasteiger partial charge in [0.05, 0.1) is 18.7 Å². The van der Waals surface area contributed by atoms with Crippen molar-refractivity contribution < 1.29 is 14.6 Å². The molecular formula is C25H28ClNO3. The van der Waals surface area contributed by atoms with Gasteiger partial charge in [-0.2, -0.15) is 0 Å². The molecule has 4 nitrogen and oxygen atoms in total. The van der Waals surface area contributed by atoms with Gasteiger partial charge in [-0.1, -0.05) is 30.2 Å². The maximum absolute atomic E-state index is 11.3. The maximum atomic E-state index is 11.3. The molecule has 1 N–H and O–H groups in total. The van der Waals surface area contributed by atoms with Crippen molar-refractivity contribution >= 4 is 23.3 Å². The van der Waals surface area contributed by atoms with E-state index in [1.165, 1.54) is 30.4 Å². The number of ether oxygens (including phenoxy) is 1. The van der Waals surface area contributed by atoms with Crippen LogP contribution in [0, 0.1) is 5.92 Å². The molecule has 0 amide bonds. The first kappa shape index (κ1) is 19.7. The van der Waals surface area contributed by atoms with E-state index in [9.17, 15) is 9.90 Å². The van der Waals surface area contributed by atoms with Gasteiger partial charge in [0.25, 0.3) is 0 Å². The van der Waals surface area contributed by atoms with Crippen molar-refractivity contribution in [2.45, 2.75) is 50.4 Å². The molecule has 1 heterocycles. The Labute approximate surface area is 182 Å². The maximum Gasteiger partial charge on any atom is 0.307 e. The van der Waals surface area contributed by atoms with Crippen molar-refractivity contribution in [2.75, 3.05) is 24.6 Å². The summed E-state index contributed by atoms with van der Waals surface area (Å²) in [5.74, 6) is 0.787. The Balaban J connectivity index is 1.55. The van der Waals surface area contributed by atoms with Crippen LogP contribution in [-0.4, -0.2) is 30.8 Å². The minimum Gasteiger partial charge on any atom is -0.490 e. The number of aliphatic carboxylic acids is 1. The van der Waals surface area contributed by atoms with E-state index in [-0.39, 0.29) is 11.8 Å². The predicted molar refractivity (Wildman–Crippen MR) is 119 cm³/mol. The summed E-state index contributed by atoms with van der Waals surface area (Å²) in [5, 5.41) is 10.1. The molecule has 1 saturated carbocycles. The minimum atomic E-state index is -0.801. The molecular weight excluding hydrogens is 398 g/mol. The van der Waals surface area contributed by atoms with E-state index < -0.39 is 5.97 Å². The fourth-order valence-electron chi connectivity index (χ4n) is 5.43. The second-order valence-electron chi connectivity index (χ2n) is 9.27. The van der Waals surface area contributed by atoms with Gasteiger partial charge in [-0.3, -0.25) is 4.79 Å². The van der Waals surface area contributed by atoms with Crippen LogP contribution >= 0.6 is 11.6 Å². The summed E-state index contributed by atoms with van der Waals surface area (Å²) in [5.41, 5.74) is 4.54. The summed E-state index contributed by atoms with van der Waals surface area (Å²) in [6, 6.07) is 12.2. The van der Waals surface area contributed by atoms with Gasteiger partial charge in [-0.25, -0.2) is 0 Å². The molecule has 3 aliphatic rings. The van der Waals surface area contributed by atoms with E-state index in [4.69, 9.17) is 16.3 Å². The van der Waals surface area contributed by atoms with E-state index in [0.717, 1.165) is 54.4 Å². The van der Waals surface area contributed by atoms with E-state index in [0.29, 0.717) is 12.5 Å². The lowest BCUT2D eigenvalue weighted by Gasteiger charge is -2.42. The number of carboxylic acid groups (broad SMARTS) is 1. The largest absolute Gasteiger partial charge is 0.490 e.